The predicted molar refractivity (Wildman–Crippen MR) is 81.0 cm³/mol. The lowest BCUT2D eigenvalue weighted by Crippen LogP contribution is -2.41. The van der Waals surface area contributed by atoms with Gasteiger partial charge in [-0.1, -0.05) is 18.2 Å². The molecule has 0 spiro atoms. The lowest BCUT2D eigenvalue weighted by molar-refractivity contribution is -0.131. The molecule has 1 N–H and O–H groups in total. The number of benzene rings is 1. The van der Waals surface area contributed by atoms with E-state index < -0.39 is 0 Å². The number of H-pyrrole nitrogens is 1. The second kappa shape index (κ2) is 6.39. The van der Waals surface area contributed by atoms with E-state index >= 15 is 0 Å². The zero-order chi connectivity index (χ0) is 15.4. The summed E-state index contributed by atoms with van der Waals surface area (Å²) >= 11 is 0. The lowest BCUT2D eigenvalue weighted by Gasteiger charge is -2.22. The number of nitrogens with one attached hydrogen (secondary N) is 1. The molecule has 112 valence electrons. The van der Waals surface area contributed by atoms with Crippen molar-refractivity contribution in [3.63, 3.8) is 0 Å². The van der Waals surface area contributed by atoms with Gasteiger partial charge in [0.1, 0.15) is 0 Å². The number of fused-ring (bicyclic) bond motifs is 1. The summed E-state index contributed by atoms with van der Waals surface area (Å²) in [5.41, 5.74) is 1.16. The van der Waals surface area contributed by atoms with Crippen LogP contribution in [0.4, 0.5) is 0 Å². The summed E-state index contributed by atoms with van der Waals surface area (Å²) in [4.78, 5) is 27.6. The van der Waals surface area contributed by atoms with Gasteiger partial charge in [-0.25, -0.2) is 0 Å². The largest absolute Gasteiger partial charge is 0.342 e. The zero-order valence-electron chi connectivity index (χ0n) is 12.6. The maximum atomic E-state index is 12.4. The minimum absolute atomic E-state index is 0.0572. The number of nitrogens with zero attached hydrogens (tertiary/aromatic N) is 3. The van der Waals surface area contributed by atoms with Gasteiger partial charge in [0.2, 0.25) is 5.91 Å². The Morgan fingerprint density at radius 1 is 1.19 bits per heavy atom. The molecule has 2 aromatic rings. The van der Waals surface area contributed by atoms with Gasteiger partial charge in [-0.3, -0.25) is 14.7 Å². The van der Waals surface area contributed by atoms with Crippen molar-refractivity contribution in [1.82, 2.24) is 20.0 Å². The van der Waals surface area contributed by atoms with E-state index in [1.807, 2.05) is 38.1 Å². The molecule has 0 fully saturated rings. The van der Waals surface area contributed by atoms with Crippen molar-refractivity contribution in [3.8, 4) is 0 Å². The molecule has 0 aliphatic carbocycles. The third kappa shape index (κ3) is 3.04. The molecule has 0 saturated carbocycles. The van der Waals surface area contributed by atoms with E-state index in [4.69, 9.17) is 0 Å². The number of para-hydroxylation sites is 1. The van der Waals surface area contributed by atoms with Crippen molar-refractivity contribution in [2.45, 2.75) is 13.8 Å². The molecule has 0 unspecified atom stereocenters. The van der Waals surface area contributed by atoms with Gasteiger partial charge in [0.25, 0.3) is 5.91 Å². The second-order valence-electron chi connectivity index (χ2n) is 4.85. The molecule has 6 nitrogen and oxygen atoms in total. The number of aromatic nitrogens is 2. The first-order valence-electron chi connectivity index (χ1n) is 7.04. The summed E-state index contributed by atoms with van der Waals surface area (Å²) in [6.07, 6.45) is 0. The second-order valence-corrected chi connectivity index (χ2v) is 4.85. The van der Waals surface area contributed by atoms with Crippen LogP contribution in [0.15, 0.2) is 24.3 Å². The monoisotopic (exact) mass is 288 g/mol. The van der Waals surface area contributed by atoms with E-state index in [9.17, 15) is 9.59 Å². The minimum atomic E-state index is -0.257. The van der Waals surface area contributed by atoms with Crippen molar-refractivity contribution in [3.05, 3.63) is 30.0 Å². The van der Waals surface area contributed by atoms with Crippen molar-refractivity contribution in [1.29, 1.82) is 0 Å². The number of carbonyl (C=O) groups is 2. The number of amides is 2. The molecule has 0 saturated heterocycles. The fourth-order valence-corrected chi connectivity index (χ4v) is 2.26. The smallest absolute Gasteiger partial charge is 0.275 e. The minimum Gasteiger partial charge on any atom is -0.342 e. The highest BCUT2D eigenvalue weighted by Gasteiger charge is 2.21. The molecule has 0 atom stereocenters. The average Bonchev–Trinajstić information content (AvgIpc) is 2.91. The number of carbonyl (C=O) groups excluding carboxylic acids is 2. The van der Waals surface area contributed by atoms with Gasteiger partial charge in [-0.2, -0.15) is 5.10 Å². The highest BCUT2D eigenvalue weighted by atomic mass is 16.2. The van der Waals surface area contributed by atoms with Gasteiger partial charge < -0.3 is 9.80 Å². The Labute approximate surface area is 123 Å². The summed E-state index contributed by atoms with van der Waals surface area (Å²) in [6.45, 7) is 5.18. The molecule has 2 amide bonds. The summed E-state index contributed by atoms with van der Waals surface area (Å²) in [5, 5.41) is 7.67. The highest BCUT2D eigenvalue weighted by molar-refractivity contribution is 6.05. The molecule has 1 aromatic carbocycles. The van der Waals surface area contributed by atoms with Gasteiger partial charge in [0.15, 0.2) is 5.69 Å². The van der Waals surface area contributed by atoms with Crippen LogP contribution >= 0.6 is 0 Å². The van der Waals surface area contributed by atoms with Crippen LogP contribution in [0.2, 0.25) is 0 Å². The first kappa shape index (κ1) is 15.0. The van der Waals surface area contributed by atoms with E-state index in [1.54, 1.807) is 11.9 Å². The van der Waals surface area contributed by atoms with Crippen LogP contribution in [0, 0.1) is 0 Å². The maximum Gasteiger partial charge on any atom is 0.275 e. The molecule has 0 aliphatic rings. The zero-order valence-corrected chi connectivity index (χ0v) is 12.6. The molecule has 6 heteroatoms. The molecule has 2 rings (SSSR count). The van der Waals surface area contributed by atoms with Crippen molar-refractivity contribution in [2.75, 3.05) is 26.7 Å². The maximum absolute atomic E-state index is 12.4. The van der Waals surface area contributed by atoms with Crippen LogP contribution < -0.4 is 0 Å². The number of rotatable bonds is 5. The Kier molecular flexibility index (Phi) is 4.57. The van der Waals surface area contributed by atoms with Gasteiger partial charge in [-0.15, -0.1) is 0 Å². The third-order valence-corrected chi connectivity index (χ3v) is 3.51. The topological polar surface area (TPSA) is 69.3 Å². The van der Waals surface area contributed by atoms with Crippen LogP contribution in [0.3, 0.4) is 0 Å². The van der Waals surface area contributed by atoms with Crippen LogP contribution in [-0.4, -0.2) is 58.5 Å². The van der Waals surface area contributed by atoms with Crippen molar-refractivity contribution in [2.24, 2.45) is 0 Å². The Morgan fingerprint density at radius 2 is 1.86 bits per heavy atom. The van der Waals surface area contributed by atoms with Crippen LogP contribution in [0.1, 0.15) is 24.3 Å². The summed E-state index contributed by atoms with van der Waals surface area (Å²) in [6, 6.07) is 7.43. The van der Waals surface area contributed by atoms with Crippen molar-refractivity contribution >= 4 is 22.7 Å². The van der Waals surface area contributed by atoms with E-state index in [0.29, 0.717) is 18.8 Å². The summed E-state index contributed by atoms with van der Waals surface area (Å²) in [7, 11) is 1.62. The molecule has 0 aliphatic heterocycles. The number of hydrogen-bond donors (Lipinski definition) is 1. The molecule has 0 bridgehead atoms. The van der Waals surface area contributed by atoms with Gasteiger partial charge in [0.05, 0.1) is 12.1 Å². The first-order valence-corrected chi connectivity index (χ1v) is 7.04. The van der Waals surface area contributed by atoms with Gasteiger partial charge in [0, 0.05) is 25.5 Å². The number of hydrogen-bond acceptors (Lipinski definition) is 3. The summed E-state index contributed by atoms with van der Waals surface area (Å²) in [5.74, 6) is -0.316. The molecular weight excluding hydrogens is 268 g/mol. The normalized spacial score (nSPS) is 10.6. The van der Waals surface area contributed by atoms with Crippen molar-refractivity contribution < 1.29 is 9.59 Å². The third-order valence-electron chi connectivity index (χ3n) is 3.51. The fraction of sp³-hybridized carbons (Fsp3) is 0.400. The van der Waals surface area contributed by atoms with Crippen LogP contribution in [-0.2, 0) is 4.79 Å². The van der Waals surface area contributed by atoms with Gasteiger partial charge in [-0.05, 0) is 19.9 Å². The Morgan fingerprint density at radius 3 is 2.52 bits per heavy atom. The molecule has 0 radical (unpaired) electrons. The van der Waals surface area contributed by atoms with Crippen LogP contribution in [0.25, 0.3) is 10.9 Å². The highest BCUT2D eigenvalue weighted by Crippen LogP contribution is 2.16. The quantitative estimate of drug-likeness (QED) is 0.906. The molecule has 1 heterocycles. The van der Waals surface area contributed by atoms with E-state index in [-0.39, 0.29) is 18.4 Å². The van der Waals surface area contributed by atoms with E-state index in [2.05, 4.69) is 10.2 Å². The standard InChI is InChI=1S/C15H20N4O2/c1-4-19(5-2)13(20)10-18(3)15(21)14-11-8-6-7-9-12(11)16-17-14/h6-9H,4-5,10H2,1-3H3,(H,16,17). The SMILES string of the molecule is CCN(CC)C(=O)CN(C)C(=O)c1n[nH]c2ccccc12. The number of aromatic amines is 1. The summed E-state index contributed by atoms with van der Waals surface area (Å²) < 4.78 is 0. The Bertz CT molecular complexity index is 646. The molecule has 21 heavy (non-hydrogen) atoms. The predicted octanol–water partition coefficient (Wildman–Crippen LogP) is 1.50. The van der Waals surface area contributed by atoms with E-state index in [1.165, 1.54) is 4.90 Å². The van der Waals surface area contributed by atoms with Gasteiger partial charge >= 0.3 is 0 Å². The molecule has 1 aromatic heterocycles. The first-order chi connectivity index (χ1) is 10.1. The van der Waals surface area contributed by atoms with Crippen LogP contribution in [0.5, 0.6) is 0 Å². The number of likely N-dealkylation sites (N-methyl/N-ethyl adjacent to an activating group) is 2. The van der Waals surface area contributed by atoms with E-state index in [0.717, 1.165) is 10.9 Å². The Hall–Kier alpha value is -2.37. The molecular formula is C15H20N4O2. The fourth-order valence-electron chi connectivity index (χ4n) is 2.26. The lowest BCUT2D eigenvalue weighted by atomic mass is 10.2. The Balaban J connectivity index is 2.14. The average molecular weight is 288 g/mol.